The topological polar surface area (TPSA) is 92.3 Å². The van der Waals surface area contributed by atoms with Crippen molar-refractivity contribution < 1.29 is 16.8 Å². The molecule has 0 aliphatic heterocycles. The van der Waals surface area contributed by atoms with Crippen LogP contribution < -0.4 is 9.44 Å². The van der Waals surface area contributed by atoms with Gasteiger partial charge in [0.1, 0.15) is 0 Å². The minimum absolute atomic E-state index is 0.104. The summed E-state index contributed by atoms with van der Waals surface area (Å²) < 4.78 is 57.8. The van der Waals surface area contributed by atoms with Crippen LogP contribution in [0.15, 0.2) is 69.5 Å². The fraction of sp³-hybridized carbons (Fsp3) is 0.462. The summed E-state index contributed by atoms with van der Waals surface area (Å²) in [7, 11) is -7.56. The molecule has 0 amide bonds. The molecule has 184 valence electrons. The smallest absolute Gasteiger partial charge is 0.211 e. The lowest BCUT2D eigenvalue weighted by Gasteiger charge is -2.15. The van der Waals surface area contributed by atoms with E-state index in [-0.39, 0.29) is 9.79 Å². The zero-order valence-electron chi connectivity index (χ0n) is 19.6. The highest BCUT2D eigenvalue weighted by Gasteiger charge is 2.22. The molecule has 34 heavy (non-hydrogen) atoms. The molecule has 0 saturated carbocycles. The Morgan fingerprint density at radius 1 is 0.618 bits per heavy atom. The van der Waals surface area contributed by atoms with Crippen LogP contribution in [0.4, 0.5) is 0 Å². The molecule has 8 heteroatoms. The molecule has 2 aromatic rings. The first-order valence-electron chi connectivity index (χ1n) is 12.2. The maximum Gasteiger partial charge on any atom is 0.241 e. The van der Waals surface area contributed by atoms with E-state index in [1.807, 2.05) is 0 Å². The lowest BCUT2D eigenvalue weighted by Crippen LogP contribution is -2.26. The molecule has 0 unspecified atom stereocenters. The molecule has 0 radical (unpaired) electrons. The van der Waals surface area contributed by atoms with Crippen molar-refractivity contribution in [2.75, 3.05) is 13.1 Å². The summed E-state index contributed by atoms with van der Waals surface area (Å²) in [6.07, 6.45) is 14.7. The Morgan fingerprint density at radius 2 is 1.06 bits per heavy atom. The van der Waals surface area contributed by atoms with E-state index in [0.717, 1.165) is 38.5 Å². The van der Waals surface area contributed by atoms with E-state index in [1.54, 1.807) is 24.3 Å². The van der Waals surface area contributed by atoms with Crippen LogP contribution in [0.1, 0.15) is 64.2 Å². The van der Waals surface area contributed by atoms with Crippen LogP contribution in [0.5, 0.6) is 0 Å². The first-order chi connectivity index (χ1) is 16.4. The largest absolute Gasteiger partial charge is 0.241 e. The SMILES string of the molecule is O=S(=O)(NCCC1=CCCCC1)c1cccc2c(S(=O)(=O)NCCC3=CCCCC3)cccc12. The zero-order valence-corrected chi connectivity index (χ0v) is 21.2. The summed E-state index contributed by atoms with van der Waals surface area (Å²) in [5.74, 6) is 0. The second kappa shape index (κ2) is 11.2. The van der Waals surface area contributed by atoms with E-state index >= 15 is 0 Å². The molecule has 4 rings (SSSR count). The highest BCUT2D eigenvalue weighted by molar-refractivity contribution is 7.90. The molecule has 0 saturated heterocycles. The Morgan fingerprint density at radius 3 is 1.44 bits per heavy atom. The lowest BCUT2D eigenvalue weighted by molar-refractivity contribution is 0.578. The molecule has 0 fully saturated rings. The Hall–Kier alpha value is -2.00. The Bertz CT molecular complexity index is 1190. The zero-order chi connectivity index (χ0) is 24.0. The number of hydrogen-bond acceptors (Lipinski definition) is 4. The van der Waals surface area contributed by atoms with Crippen LogP contribution in [-0.2, 0) is 20.0 Å². The van der Waals surface area contributed by atoms with Crippen molar-refractivity contribution in [3.8, 4) is 0 Å². The average Bonchev–Trinajstić information content (AvgIpc) is 2.84. The van der Waals surface area contributed by atoms with Crippen LogP contribution in [0, 0.1) is 0 Å². The van der Waals surface area contributed by atoms with E-state index in [2.05, 4.69) is 21.6 Å². The van der Waals surface area contributed by atoms with E-state index in [0.29, 0.717) is 36.7 Å². The van der Waals surface area contributed by atoms with Gasteiger partial charge in [0.15, 0.2) is 0 Å². The number of benzene rings is 2. The van der Waals surface area contributed by atoms with Gasteiger partial charge in [-0.3, -0.25) is 0 Å². The lowest BCUT2D eigenvalue weighted by atomic mass is 9.97. The van der Waals surface area contributed by atoms with Gasteiger partial charge in [0.2, 0.25) is 20.0 Å². The number of nitrogens with one attached hydrogen (secondary N) is 2. The quantitative estimate of drug-likeness (QED) is 0.438. The van der Waals surface area contributed by atoms with Crippen LogP contribution in [-0.4, -0.2) is 29.9 Å². The van der Waals surface area contributed by atoms with Crippen LogP contribution >= 0.6 is 0 Å². The molecule has 0 atom stereocenters. The molecule has 0 spiro atoms. The van der Waals surface area contributed by atoms with Crippen molar-refractivity contribution in [3.05, 3.63) is 59.7 Å². The highest BCUT2D eigenvalue weighted by atomic mass is 32.2. The standard InChI is InChI=1S/C26H34N2O4S2/c29-33(30,27-19-17-21-9-3-1-4-10-21)25-15-7-14-24-23(25)13-8-16-26(24)34(31,32)28-20-18-22-11-5-2-6-12-22/h7-9,11,13-16,27-28H,1-6,10,12,17-20H2. The van der Waals surface area contributed by atoms with Crippen molar-refractivity contribution in [2.45, 2.75) is 74.0 Å². The number of hydrogen-bond donors (Lipinski definition) is 2. The van der Waals surface area contributed by atoms with Gasteiger partial charge in [0.25, 0.3) is 0 Å². The van der Waals surface area contributed by atoms with E-state index < -0.39 is 20.0 Å². The molecule has 2 aliphatic carbocycles. The first-order valence-corrected chi connectivity index (χ1v) is 15.2. The van der Waals surface area contributed by atoms with Gasteiger partial charge in [-0.2, -0.15) is 0 Å². The van der Waals surface area contributed by atoms with Gasteiger partial charge in [-0.05, 0) is 76.3 Å². The summed E-state index contributed by atoms with van der Waals surface area (Å²) in [6.45, 7) is 0.667. The van der Waals surface area contributed by atoms with Gasteiger partial charge in [-0.15, -0.1) is 0 Å². The number of sulfonamides is 2. The van der Waals surface area contributed by atoms with Gasteiger partial charge in [0.05, 0.1) is 9.79 Å². The third-order valence-corrected chi connectivity index (χ3v) is 9.71. The Labute approximate surface area is 203 Å². The van der Waals surface area contributed by atoms with Crippen molar-refractivity contribution in [3.63, 3.8) is 0 Å². The molecule has 0 heterocycles. The number of rotatable bonds is 10. The van der Waals surface area contributed by atoms with Gasteiger partial charge in [0, 0.05) is 23.9 Å². The normalized spacial score (nSPS) is 17.4. The third-order valence-electron chi connectivity index (χ3n) is 6.67. The minimum atomic E-state index is -3.78. The Kier molecular flexibility index (Phi) is 8.24. The van der Waals surface area contributed by atoms with Crippen molar-refractivity contribution in [2.24, 2.45) is 0 Å². The summed E-state index contributed by atoms with van der Waals surface area (Å²) in [5.41, 5.74) is 2.60. The number of allylic oxidation sites excluding steroid dienone is 2. The summed E-state index contributed by atoms with van der Waals surface area (Å²) in [4.78, 5) is 0.207. The van der Waals surface area contributed by atoms with Crippen molar-refractivity contribution in [1.29, 1.82) is 0 Å². The minimum Gasteiger partial charge on any atom is -0.211 e. The average molecular weight is 503 g/mol. The molecule has 2 aromatic carbocycles. The van der Waals surface area contributed by atoms with Gasteiger partial charge in [-0.1, -0.05) is 47.6 Å². The van der Waals surface area contributed by atoms with E-state index in [1.165, 1.54) is 36.1 Å². The maximum absolute atomic E-state index is 13.1. The second-order valence-electron chi connectivity index (χ2n) is 9.12. The summed E-state index contributed by atoms with van der Waals surface area (Å²) in [5, 5.41) is 0.814. The first kappa shape index (κ1) is 25.1. The second-order valence-corrected chi connectivity index (χ2v) is 12.6. The van der Waals surface area contributed by atoms with Crippen molar-refractivity contribution >= 4 is 30.8 Å². The molecule has 0 bridgehead atoms. The molecule has 6 nitrogen and oxygen atoms in total. The molecule has 0 aromatic heterocycles. The summed E-state index contributed by atoms with van der Waals surface area (Å²) in [6, 6.07) is 9.60. The molecule has 2 aliphatic rings. The number of fused-ring (bicyclic) bond motifs is 1. The van der Waals surface area contributed by atoms with E-state index in [4.69, 9.17) is 0 Å². The Balaban J connectivity index is 1.51. The monoisotopic (exact) mass is 502 g/mol. The fourth-order valence-corrected chi connectivity index (χ4v) is 7.33. The highest BCUT2D eigenvalue weighted by Crippen LogP contribution is 2.29. The predicted molar refractivity (Wildman–Crippen MR) is 137 cm³/mol. The van der Waals surface area contributed by atoms with Gasteiger partial charge in [-0.25, -0.2) is 26.3 Å². The fourth-order valence-electron chi connectivity index (χ4n) is 4.83. The van der Waals surface area contributed by atoms with Crippen molar-refractivity contribution in [1.82, 2.24) is 9.44 Å². The predicted octanol–water partition coefficient (Wildman–Crippen LogP) is 5.18. The summed E-state index contributed by atoms with van der Waals surface area (Å²) >= 11 is 0. The molecule has 2 N–H and O–H groups in total. The molecular weight excluding hydrogens is 468 g/mol. The third kappa shape index (κ3) is 6.16. The van der Waals surface area contributed by atoms with Crippen LogP contribution in [0.2, 0.25) is 0 Å². The maximum atomic E-state index is 13.1. The van der Waals surface area contributed by atoms with Crippen LogP contribution in [0.25, 0.3) is 10.8 Å². The van der Waals surface area contributed by atoms with E-state index in [9.17, 15) is 16.8 Å². The van der Waals surface area contributed by atoms with Gasteiger partial charge >= 0.3 is 0 Å². The van der Waals surface area contributed by atoms with Gasteiger partial charge < -0.3 is 0 Å². The van der Waals surface area contributed by atoms with Crippen LogP contribution in [0.3, 0.4) is 0 Å². The molecular formula is C26H34N2O4S2.